The maximum atomic E-state index is 12.3. The van der Waals surface area contributed by atoms with E-state index in [0.717, 1.165) is 22.9 Å². The molecule has 1 aromatic rings. The summed E-state index contributed by atoms with van der Waals surface area (Å²) in [5, 5.41) is 0. The zero-order chi connectivity index (χ0) is 12.9. The number of benzene rings is 1. The number of Topliss-reactive ketones (excluding diaryl/α,β-unsaturated/α-hetero) is 1. The third kappa shape index (κ3) is 3.39. The number of carbonyl (C=O) groups excluding carboxylic acids is 1. The van der Waals surface area contributed by atoms with Crippen molar-refractivity contribution in [2.45, 2.75) is 33.1 Å². The summed E-state index contributed by atoms with van der Waals surface area (Å²) in [6.45, 7) is 4.51. The zero-order valence-corrected chi connectivity index (χ0v) is 12.1. The number of halogens is 1. The van der Waals surface area contributed by atoms with Crippen molar-refractivity contribution in [3.8, 4) is 0 Å². The van der Waals surface area contributed by atoms with Crippen LogP contribution in [0.3, 0.4) is 0 Å². The number of carbonyl (C=O) groups is 1. The van der Waals surface area contributed by atoms with Gasteiger partial charge in [-0.1, -0.05) is 41.9 Å². The van der Waals surface area contributed by atoms with Crippen LogP contribution in [0.2, 0.25) is 0 Å². The molecule has 0 amide bonds. The Labute approximate surface area is 112 Å². The van der Waals surface area contributed by atoms with Gasteiger partial charge >= 0.3 is 0 Å². The second-order valence-corrected chi connectivity index (χ2v) is 5.33. The summed E-state index contributed by atoms with van der Waals surface area (Å²) in [5.74, 6) is 0.257. The Balaban J connectivity index is 2.80. The minimum Gasteiger partial charge on any atom is -0.329 e. The normalized spacial score (nSPS) is 11.5. The highest BCUT2D eigenvalue weighted by atomic mass is 79.9. The maximum absolute atomic E-state index is 12.3. The molecule has 0 atom stereocenters. The lowest BCUT2D eigenvalue weighted by Gasteiger charge is -2.28. The molecule has 0 saturated heterocycles. The Morgan fingerprint density at radius 2 is 1.76 bits per heavy atom. The Hall–Kier alpha value is -0.670. The minimum atomic E-state index is -0.340. The molecular weight excluding hydrogens is 278 g/mol. The Morgan fingerprint density at radius 3 is 2.18 bits per heavy atom. The molecule has 0 aromatic heterocycles. The monoisotopic (exact) mass is 297 g/mol. The van der Waals surface area contributed by atoms with Crippen molar-refractivity contribution >= 4 is 21.7 Å². The van der Waals surface area contributed by atoms with Gasteiger partial charge in [0.05, 0.1) is 0 Å². The van der Waals surface area contributed by atoms with Crippen LogP contribution in [-0.2, 0) is 11.2 Å². The lowest BCUT2D eigenvalue weighted by atomic mass is 9.76. The first-order chi connectivity index (χ1) is 8.07. The number of hydrogen-bond acceptors (Lipinski definition) is 2. The van der Waals surface area contributed by atoms with Gasteiger partial charge in [-0.25, -0.2) is 0 Å². The molecule has 0 radical (unpaired) electrons. The van der Waals surface area contributed by atoms with Crippen molar-refractivity contribution in [2.24, 2.45) is 11.1 Å². The van der Waals surface area contributed by atoms with Crippen LogP contribution < -0.4 is 5.73 Å². The fraction of sp³-hybridized carbons (Fsp3) is 0.500. The molecule has 0 heterocycles. The van der Waals surface area contributed by atoms with E-state index in [2.05, 4.69) is 15.9 Å². The average Bonchev–Trinajstić information content (AvgIpc) is 2.35. The van der Waals surface area contributed by atoms with Crippen molar-refractivity contribution in [2.75, 3.05) is 6.54 Å². The van der Waals surface area contributed by atoms with E-state index >= 15 is 0 Å². The molecule has 0 aliphatic heterocycles. The van der Waals surface area contributed by atoms with Gasteiger partial charge < -0.3 is 5.73 Å². The van der Waals surface area contributed by atoms with Crippen LogP contribution >= 0.6 is 15.9 Å². The number of hydrogen-bond donors (Lipinski definition) is 1. The molecule has 0 aliphatic carbocycles. The summed E-state index contributed by atoms with van der Waals surface area (Å²) >= 11 is 3.39. The predicted octanol–water partition coefficient (Wildman–Crippen LogP) is 3.33. The van der Waals surface area contributed by atoms with Crippen LogP contribution in [0.4, 0.5) is 0 Å². The van der Waals surface area contributed by atoms with E-state index in [0.29, 0.717) is 13.0 Å². The first-order valence-electron chi connectivity index (χ1n) is 6.05. The predicted molar refractivity (Wildman–Crippen MR) is 74.9 cm³/mol. The van der Waals surface area contributed by atoms with Crippen LogP contribution in [-0.4, -0.2) is 12.3 Å². The highest BCUT2D eigenvalue weighted by Gasteiger charge is 2.32. The summed E-state index contributed by atoms with van der Waals surface area (Å²) in [6.07, 6.45) is 2.11. The van der Waals surface area contributed by atoms with Crippen molar-refractivity contribution in [3.63, 3.8) is 0 Å². The molecule has 0 bridgehead atoms. The number of ketones is 1. The Bertz CT molecular complexity index is 360. The van der Waals surface area contributed by atoms with E-state index in [-0.39, 0.29) is 11.2 Å². The van der Waals surface area contributed by atoms with Crippen LogP contribution in [0.5, 0.6) is 0 Å². The maximum Gasteiger partial charge on any atom is 0.144 e. The summed E-state index contributed by atoms with van der Waals surface area (Å²) in [5.41, 5.74) is 6.49. The third-order valence-electron chi connectivity index (χ3n) is 3.61. The first-order valence-corrected chi connectivity index (χ1v) is 6.85. The smallest absolute Gasteiger partial charge is 0.144 e. The van der Waals surface area contributed by atoms with Crippen LogP contribution in [0.15, 0.2) is 28.7 Å². The van der Waals surface area contributed by atoms with E-state index < -0.39 is 0 Å². The largest absolute Gasteiger partial charge is 0.329 e. The van der Waals surface area contributed by atoms with Crippen molar-refractivity contribution < 1.29 is 4.79 Å². The SMILES string of the molecule is CCC(CC)(CN)C(=O)Cc1ccc(Br)cc1. The fourth-order valence-electron chi connectivity index (χ4n) is 2.02. The lowest BCUT2D eigenvalue weighted by molar-refractivity contribution is -0.128. The van der Waals surface area contributed by atoms with Gasteiger partial charge in [0.15, 0.2) is 0 Å². The van der Waals surface area contributed by atoms with Gasteiger partial charge in [0, 0.05) is 22.9 Å². The van der Waals surface area contributed by atoms with Crippen molar-refractivity contribution in [3.05, 3.63) is 34.3 Å². The van der Waals surface area contributed by atoms with Crippen molar-refractivity contribution in [1.29, 1.82) is 0 Å². The van der Waals surface area contributed by atoms with E-state index in [1.807, 2.05) is 38.1 Å². The fourth-order valence-corrected chi connectivity index (χ4v) is 2.29. The van der Waals surface area contributed by atoms with E-state index in [1.165, 1.54) is 0 Å². The van der Waals surface area contributed by atoms with Gasteiger partial charge in [-0.05, 0) is 30.5 Å². The summed E-state index contributed by atoms with van der Waals surface area (Å²) in [7, 11) is 0. The van der Waals surface area contributed by atoms with Gasteiger partial charge in [-0.2, -0.15) is 0 Å². The van der Waals surface area contributed by atoms with Gasteiger partial charge in [-0.15, -0.1) is 0 Å². The van der Waals surface area contributed by atoms with Crippen LogP contribution in [0, 0.1) is 5.41 Å². The summed E-state index contributed by atoms with van der Waals surface area (Å²) in [4.78, 5) is 12.3. The third-order valence-corrected chi connectivity index (χ3v) is 4.14. The van der Waals surface area contributed by atoms with E-state index in [1.54, 1.807) is 0 Å². The Morgan fingerprint density at radius 1 is 1.24 bits per heavy atom. The number of nitrogens with two attached hydrogens (primary N) is 1. The summed E-state index contributed by atoms with van der Waals surface area (Å²) in [6, 6.07) is 7.89. The van der Waals surface area contributed by atoms with Gasteiger partial charge in [0.2, 0.25) is 0 Å². The second-order valence-electron chi connectivity index (χ2n) is 4.42. The van der Waals surface area contributed by atoms with Crippen LogP contribution in [0.1, 0.15) is 32.3 Å². The molecule has 1 rings (SSSR count). The molecule has 0 unspecified atom stereocenters. The van der Waals surface area contributed by atoms with Gasteiger partial charge in [0.1, 0.15) is 5.78 Å². The second kappa shape index (κ2) is 6.31. The van der Waals surface area contributed by atoms with Gasteiger partial charge in [-0.3, -0.25) is 4.79 Å². The molecular formula is C14H20BrNO. The highest BCUT2D eigenvalue weighted by Crippen LogP contribution is 2.28. The number of rotatable bonds is 6. The molecule has 0 spiro atoms. The molecule has 1 aromatic carbocycles. The van der Waals surface area contributed by atoms with E-state index in [9.17, 15) is 4.79 Å². The van der Waals surface area contributed by atoms with E-state index in [4.69, 9.17) is 5.73 Å². The molecule has 0 fully saturated rings. The average molecular weight is 298 g/mol. The first kappa shape index (κ1) is 14.4. The highest BCUT2D eigenvalue weighted by molar-refractivity contribution is 9.10. The summed E-state index contributed by atoms with van der Waals surface area (Å²) < 4.78 is 1.03. The molecule has 0 saturated carbocycles. The van der Waals surface area contributed by atoms with Crippen molar-refractivity contribution in [1.82, 2.24) is 0 Å². The Kier molecular flexibility index (Phi) is 5.34. The van der Waals surface area contributed by atoms with Gasteiger partial charge in [0.25, 0.3) is 0 Å². The zero-order valence-electron chi connectivity index (χ0n) is 10.5. The molecule has 17 heavy (non-hydrogen) atoms. The lowest BCUT2D eigenvalue weighted by Crippen LogP contribution is -2.38. The van der Waals surface area contributed by atoms with Crippen LogP contribution in [0.25, 0.3) is 0 Å². The molecule has 3 heteroatoms. The molecule has 0 aliphatic rings. The molecule has 94 valence electrons. The standard InChI is InChI=1S/C14H20BrNO/c1-3-14(4-2,10-16)13(17)9-11-5-7-12(15)8-6-11/h5-8H,3-4,9-10,16H2,1-2H3. The quantitative estimate of drug-likeness (QED) is 0.875. The molecule has 2 nitrogen and oxygen atoms in total. The minimum absolute atomic E-state index is 0.257. The topological polar surface area (TPSA) is 43.1 Å². The molecule has 2 N–H and O–H groups in total.